The minimum atomic E-state index is -1.17. The van der Waals surface area contributed by atoms with Crippen LogP contribution in [0.2, 0.25) is 0 Å². The van der Waals surface area contributed by atoms with Crippen LogP contribution in [0.25, 0.3) is 0 Å². The maximum atomic E-state index is 13.1. The quantitative estimate of drug-likeness (QED) is 0.0643. The first kappa shape index (κ1) is 35.5. The molecule has 0 unspecified atom stereocenters. The van der Waals surface area contributed by atoms with Crippen molar-refractivity contribution >= 4 is 23.9 Å². The minimum Gasteiger partial charge on any atom is -0.494 e. The van der Waals surface area contributed by atoms with Gasteiger partial charge in [-0.15, -0.1) is 0 Å². The largest absolute Gasteiger partial charge is 0.494 e. The fourth-order valence-electron chi connectivity index (χ4n) is 4.21. The standard InChI is InChI=1S/C36H39FO9/c1-4-42-29-16-12-28(13-17-29)15-21-34(39)46-32-19-18-30(45-33(38)20-14-27-10-8-25(2)9-11-27)24-31(32)36(41)44-23-7-5-6-22-43-35(40)26(3)37/h8-13,16-19,24H,3-7,14-15,20-23H2,1-2H3. The van der Waals surface area contributed by atoms with Crippen LogP contribution < -0.4 is 14.2 Å². The fourth-order valence-corrected chi connectivity index (χ4v) is 4.21. The Kier molecular flexibility index (Phi) is 14.5. The summed E-state index contributed by atoms with van der Waals surface area (Å²) in [6.45, 7) is 7.33. The molecule has 244 valence electrons. The Bertz CT molecular complexity index is 1480. The van der Waals surface area contributed by atoms with Crippen LogP contribution in [-0.2, 0) is 36.7 Å². The first-order valence-electron chi connectivity index (χ1n) is 15.2. The number of hydrogen-bond donors (Lipinski definition) is 0. The van der Waals surface area contributed by atoms with Crippen LogP contribution in [0, 0.1) is 6.92 Å². The third kappa shape index (κ3) is 12.6. The van der Waals surface area contributed by atoms with E-state index in [0.29, 0.717) is 38.7 Å². The summed E-state index contributed by atoms with van der Waals surface area (Å²) in [5, 5.41) is 0. The molecule has 0 aliphatic carbocycles. The zero-order valence-electron chi connectivity index (χ0n) is 26.2. The SMILES string of the molecule is C=C(F)C(=O)OCCCCCOC(=O)c1cc(OC(=O)CCc2ccc(C)cc2)ccc1OC(=O)CCc1ccc(OCC)cc1. The Morgan fingerprint density at radius 1 is 0.717 bits per heavy atom. The van der Waals surface area contributed by atoms with E-state index in [9.17, 15) is 23.6 Å². The molecule has 0 bridgehead atoms. The summed E-state index contributed by atoms with van der Waals surface area (Å²) >= 11 is 0. The summed E-state index contributed by atoms with van der Waals surface area (Å²) in [4.78, 5) is 49.5. The molecule has 3 rings (SSSR count). The van der Waals surface area contributed by atoms with Gasteiger partial charge in [-0.3, -0.25) is 9.59 Å². The molecule has 0 aliphatic rings. The smallest absolute Gasteiger partial charge is 0.366 e. The van der Waals surface area contributed by atoms with Crippen molar-refractivity contribution in [3.8, 4) is 17.2 Å². The van der Waals surface area contributed by atoms with E-state index in [1.807, 2.05) is 62.4 Å². The average molecular weight is 635 g/mol. The second kappa shape index (κ2) is 18.7. The Labute approximate surface area is 268 Å². The van der Waals surface area contributed by atoms with Crippen LogP contribution in [0.5, 0.6) is 17.2 Å². The third-order valence-electron chi connectivity index (χ3n) is 6.69. The first-order valence-corrected chi connectivity index (χ1v) is 15.2. The van der Waals surface area contributed by atoms with E-state index in [-0.39, 0.29) is 43.1 Å². The van der Waals surface area contributed by atoms with E-state index in [4.69, 9.17) is 23.7 Å². The van der Waals surface area contributed by atoms with Crippen molar-refractivity contribution in [3.05, 3.63) is 101 Å². The highest BCUT2D eigenvalue weighted by molar-refractivity contribution is 5.94. The van der Waals surface area contributed by atoms with Gasteiger partial charge >= 0.3 is 23.9 Å². The maximum absolute atomic E-state index is 13.1. The molecule has 0 fully saturated rings. The molecule has 3 aromatic rings. The van der Waals surface area contributed by atoms with Crippen LogP contribution in [-0.4, -0.2) is 43.7 Å². The molecule has 3 aromatic carbocycles. The number of esters is 4. The lowest BCUT2D eigenvalue weighted by Gasteiger charge is -2.13. The molecule has 0 saturated carbocycles. The number of aryl methyl sites for hydroxylation is 3. The second-order valence-electron chi connectivity index (χ2n) is 10.4. The number of carbonyl (C=O) groups is 4. The van der Waals surface area contributed by atoms with Gasteiger partial charge in [-0.1, -0.05) is 48.5 Å². The third-order valence-corrected chi connectivity index (χ3v) is 6.69. The zero-order valence-corrected chi connectivity index (χ0v) is 26.2. The van der Waals surface area contributed by atoms with E-state index in [0.717, 1.165) is 22.4 Å². The lowest BCUT2D eigenvalue weighted by atomic mass is 10.1. The lowest BCUT2D eigenvalue weighted by molar-refractivity contribution is -0.141. The van der Waals surface area contributed by atoms with E-state index in [1.165, 1.54) is 18.2 Å². The van der Waals surface area contributed by atoms with Crippen molar-refractivity contribution in [2.45, 2.75) is 58.8 Å². The average Bonchev–Trinajstić information content (AvgIpc) is 3.04. The Hall–Kier alpha value is -4.99. The first-order chi connectivity index (χ1) is 22.1. The summed E-state index contributed by atoms with van der Waals surface area (Å²) in [5.74, 6) is -3.28. The van der Waals surface area contributed by atoms with Gasteiger partial charge in [0.15, 0.2) is 0 Å². The van der Waals surface area contributed by atoms with E-state index in [2.05, 4.69) is 6.58 Å². The van der Waals surface area contributed by atoms with Crippen LogP contribution >= 0.6 is 0 Å². The predicted octanol–water partition coefficient (Wildman–Crippen LogP) is 6.82. The summed E-state index contributed by atoms with van der Waals surface area (Å²) in [6.07, 6.45) is 2.48. The number of carbonyl (C=O) groups excluding carboxylic acids is 4. The monoisotopic (exact) mass is 634 g/mol. The molecule has 0 N–H and O–H groups in total. The van der Waals surface area contributed by atoms with Crippen molar-refractivity contribution in [2.75, 3.05) is 19.8 Å². The van der Waals surface area contributed by atoms with Gasteiger partial charge in [-0.05, 0) is 87.4 Å². The number of benzene rings is 3. The molecular weight excluding hydrogens is 595 g/mol. The van der Waals surface area contributed by atoms with Gasteiger partial charge in [0.25, 0.3) is 0 Å². The summed E-state index contributed by atoms with van der Waals surface area (Å²) < 4.78 is 39.2. The number of unbranched alkanes of at least 4 members (excludes halogenated alkanes) is 2. The van der Waals surface area contributed by atoms with Gasteiger partial charge in [0.1, 0.15) is 22.8 Å². The van der Waals surface area contributed by atoms with Crippen molar-refractivity contribution in [2.24, 2.45) is 0 Å². The van der Waals surface area contributed by atoms with Gasteiger partial charge in [-0.25, -0.2) is 9.59 Å². The van der Waals surface area contributed by atoms with Gasteiger partial charge in [0.2, 0.25) is 5.83 Å². The highest BCUT2D eigenvalue weighted by atomic mass is 19.1. The molecular formula is C36H39FO9. The van der Waals surface area contributed by atoms with E-state index in [1.54, 1.807) is 0 Å². The van der Waals surface area contributed by atoms with Gasteiger partial charge < -0.3 is 23.7 Å². The predicted molar refractivity (Wildman–Crippen MR) is 168 cm³/mol. The Morgan fingerprint density at radius 2 is 1.28 bits per heavy atom. The number of rotatable bonds is 18. The van der Waals surface area contributed by atoms with Crippen LogP contribution in [0.1, 0.15) is 66.1 Å². The molecule has 0 aromatic heterocycles. The topological polar surface area (TPSA) is 114 Å². The maximum Gasteiger partial charge on any atom is 0.366 e. The molecule has 0 aliphatic heterocycles. The fraction of sp³-hybridized carbons (Fsp3) is 0.333. The van der Waals surface area contributed by atoms with Crippen LogP contribution in [0.4, 0.5) is 4.39 Å². The Balaban J connectivity index is 1.60. The zero-order chi connectivity index (χ0) is 33.3. The van der Waals surface area contributed by atoms with Crippen molar-refractivity contribution in [1.29, 1.82) is 0 Å². The van der Waals surface area contributed by atoms with E-state index < -0.39 is 29.7 Å². The summed E-state index contributed by atoms with van der Waals surface area (Å²) in [7, 11) is 0. The van der Waals surface area contributed by atoms with Crippen molar-refractivity contribution < 1.29 is 47.3 Å². The van der Waals surface area contributed by atoms with Crippen molar-refractivity contribution in [3.63, 3.8) is 0 Å². The highest BCUT2D eigenvalue weighted by Gasteiger charge is 2.20. The highest BCUT2D eigenvalue weighted by Crippen LogP contribution is 2.27. The number of hydrogen-bond acceptors (Lipinski definition) is 9. The van der Waals surface area contributed by atoms with Crippen LogP contribution in [0.3, 0.4) is 0 Å². The molecule has 0 saturated heterocycles. The molecule has 0 spiro atoms. The molecule has 0 radical (unpaired) electrons. The van der Waals surface area contributed by atoms with Gasteiger partial charge in [-0.2, -0.15) is 4.39 Å². The van der Waals surface area contributed by atoms with Crippen molar-refractivity contribution in [1.82, 2.24) is 0 Å². The Morgan fingerprint density at radius 3 is 1.89 bits per heavy atom. The molecule has 10 heteroatoms. The number of halogens is 1. The second-order valence-corrected chi connectivity index (χ2v) is 10.4. The number of ether oxygens (including phenoxy) is 5. The molecule has 0 atom stereocenters. The van der Waals surface area contributed by atoms with Gasteiger partial charge in [0, 0.05) is 12.8 Å². The molecule has 0 heterocycles. The molecule has 46 heavy (non-hydrogen) atoms. The van der Waals surface area contributed by atoms with Crippen LogP contribution in [0.15, 0.2) is 79.1 Å². The lowest BCUT2D eigenvalue weighted by Crippen LogP contribution is -2.15. The van der Waals surface area contributed by atoms with Gasteiger partial charge in [0.05, 0.1) is 19.8 Å². The summed E-state index contributed by atoms with van der Waals surface area (Å²) in [5.41, 5.74) is 2.95. The summed E-state index contributed by atoms with van der Waals surface area (Å²) in [6, 6.07) is 19.4. The minimum absolute atomic E-state index is 0.00378. The van der Waals surface area contributed by atoms with E-state index >= 15 is 0 Å². The molecule has 0 amide bonds. The molecule has 9 nitrogen and oxygen atoms in total. The normalized spacial score (nSPS) is 10.5.